The van der Waals surface area contributed by atoms with Crippen molar-refractivity contribution in [1.29, 1.82) is 0 Å². The van der Waals surface area contributed by atoms with E-state index in [2.05, 4.69) is 5.10 Å². The van der Waals surface area contributed by atoms with Gasteiger partial charge in [0.05, 0.1) is 18.3 Å². The number of aliphatic hydroxyl groups excluding tert-OH is 1. The van der Waals surface area contributed by atoms with Gasteiger partial charge in [0.15, 0.2) is 5.75 Å². The van der Waals surface area contributed by atoms with E-state index in [1.165, 1.54) is 18.0 Å². The van der Waals surface area contributed by atoms with Gasteiger partial charge in [-0.3, -0.25) is 4.68 Å². The SMILES string of the molecule is COc1cnn(C)c1C(O)c1cc(F)c(Cl)cc1F. The van der Waals surface area contributed by atoms with Gasteiger partial charge in [0.2, 0.25) is 0 Å². The van der Waals surface area contributed by atoms with Crippen LogP contribution in [-0.2, 0) is 7.05 Å². The van der Waals surface area contributed by atoms with Gasteiger partial charge in [0, 0.05) is 12.6 Å². The van der Waals surface area contributed by atoms with Crippen LogP contribution in [0.3, 0.4) is 0 Å². The molecule has 19 heavy (non-hydrogen) atoms. The first-order valence-corrected chi connectivity index (χ1v) is 5.72. The molecule has 0 aliphatic rings. The fraction of sp³-hybridized carbons (Fsp3) is 0.250. The molecule has 0 spiro atoms. The zero-order valence-corrected chi connectivity index (χ0v) is 10.9. The van der Waals surface area contributed by atoms with E-state index in [-0.39, 0.29) is 22.0 Å². The number of aryl methyl sites for hydroxylation is 1. The molecule has 102 valence electrons. The summed E-state index contributed by atoms with van der Waals surface area (Å²) >= 11 is 5.47. The smallest absolute Gasteiger partial charge is 0.162 e. The minimum atomic E-state index is -1.41. The Morgan fingerprint density at radius 2 is 2.05 bits per heavy atom. The van der Waals surface area contributed by atoms with Crippen LogP contribution in [0.5, 0.6) is 5.75 Å². The number of rotatable bonds is 3. The Kier molecular flexibility index (Phi) is 3.73. The summed E-state index contributed by atoms with van der Waals surface area (Å²) in [6, 6.07) is 1.67. The third kappa shape index (κ3) is 2.41. The summed E-state index contributed by atoms with van der Waals surface area (Å²) in [6.07, 6.45) is -0.0304. The zero-order chi connectivity index (χ0) is 14.2. The molecule has 0 saturated carbocycles. The van der Waals surface area contributed by atoms with Crippen molar-refractivity contribution >= 4 is 11.6 Å². The summed E-state index contributed by atoms with van der Waals surface area (Å²) in [4.78, 5) is 0. The first kappa shape index (κ1) is 13.8. The molecule has 7 heteroatoms. The van der Waals surface area contributed by atoms with Crippen LogP contribution in [0.2, 0.25) is 5.02 Å². The van der Waals surface area contributed by atoms with Crippen LogP contribution in [0.25, 0.3) is 0 Å². The van der Waals surface area contributed by atoms with Crippen LogP contribution in [0.1, 0.15) is 17.4 Å². The predicted octanol–water partition coefficient (Wildman–Crippen LogP) is 2.44. The van der Waals surface area contributed by atoms with Crippen LogP contribution >= 0.6 is 11.6 Å². The number of halogens is 3. The van der Waals surface area contributed by atoms with Crippen molar-refractivity contribution in [2.24, 2.45) is 7.05 Å². The van der Waals surface area contributed by atoms with Gasteiger partial charge in [0.25, 0.3) is 0 Å². The van der Waals surface area contributed by atoms with Crippen LogP contribution in [0.15, 0.2) is 18.3 Å². The van der Waals surface area contributed by atoms with Gasteiger partial charge in [-0.2, -0.15) is 5.10 Å². The molecule has 0 radical (unpaired) electrons. The molecule has 0 bridgehead atoms. The van der Waals surface area contributed by atoms with Crippen molar-refractivity contribution in [3.05, 3.63) is 46.2 Å². The monoisotopic (exact) mass is 288 g/mol. The molecule has 1 atom stereocenters. The second-order valence-electron chi connectivity index (χ2n) is 3.91. The van der Waals surface area contributed by atoms with Crippen molar-refractivity contribution in [2.45, 2.75) is 6.10 Å². The lowest BCUT2D eigenvalue weighted by molar-refractivity contribution is 0.199. The zero-order valence-electron chi connectivity index (χ0n) is 10.2. The maximum Gasteiger partial charge on any atom is 0.162 e. The second kappa shape index (κ2) is 5.14. The number of ether oxygens (including phenoxy) is 1. The number of benzene rings is 1. The Labute approximate surface area is 113 Å². The number of hydrogen-bond donors (Lipinski definition) is 1. The molecule has 2 aromatic rings. The molecule has 1 heterocycles. The largest absolute Gasteiger partial charge is 0.493 e. The lowest BCUT2D eigenvalue weighted by atomic mass is 10.1. The Morgan fingerprint density at radius 3 is 2.68 bits per heavy atom. The molecule has 4 nitrogen and oxygen atoms in total. The summed E-state index contributed by atoms with van der Waals surface area (Å²) in [5.74, 6) is -1.33. The highest BCUT2D eigenvalue weighted by Crippen LogP contribution is 2.32. The Bertz CT molecular complexity index is 616. The van der Waals surface area contributed by atoms with Crippen molar-refractivity contribution in [3.8, 4) is 5.75 Å². The maximum atomic E-state index is 13.8. The van der Waals surface area contributed by atoms with Gasteiger partial charge in [-0.05, 0) is 12.1 Å². The van der Waals surface area contributed by atoms with E-state index in [0.29, 0.717) is 0 Å². The van der Waals surface area contributed by atoms with E-state index in [1.807, 2.05) is 0 Å². The number of nitrogens with zero attached hydrogens (tertiary/aromatic N) is 2. The Morgan fingerprint density at radius 1 is 1.37 bits per heavy atom. The molecule has 2 rings (SSSR count). The van der Waals surface area contributed by atoms with Gasteiger partial charge in [0.1, 0.15) is 23.4 Å². The molecule has 0 aliphatic carbocycles. The van der Waals surface area contributed by atoms with E-state index in [0.717, 1.165) is 12.1 Å². The van der Waals surface area contributed by atoms with Gasteiger partial charge in [-0.15, -0.1) is 0 Å². The molecule has 1 aromatic carbocycles. The molecule has 1 N–H and O–H groups in total. The highest BCUT2D eigenvalue weighted by atomic mass is 35.5. The van der Waals surface area contributed by atoms with E-state index in [1.54, 1.807) is 7.05 Å². The summed E-state index contributed by atoms with van der Waals surface area (Å²) in [6.45, 7) is 0. The molecule has 0 saturated heterocycles. The molecular weight excluding hydrogens is 278 g/mol. The second-order valence-corrected chi connectivity index (χ2v) is 4.32. The Balaban J connectivity index is 2.52. The minimum absolute atomic E-state index is 0.225. The van der Waals surface area contributed by atoms with E-state index in [4.69, 9.17) is 16.3 Å². The minimum Gasteiger partial charge on any atom is -0.493 e. The Hall–Kier alpha value is -1.66. The van der Waals surface area contributed by atoms with Crippen LogP contribution in [0, 0.1) is 11.6 Å². The molecule has 0 amide bonds. The number of aliphatic hydroxyl groups is 1. The topological polar surface area (TPSA) is 47.3 Å². The van der Waals surface area contributed by atoms with Crippen molar-refractivity contribution in [1.82, 2.24) is 9.78 Å². The average Bonchev–Trinajstić information content (AvgIpc) is 2.74. The fourth-order valence-electron chi connectivity index (χ4n) is 1.79. The van der Waals surface area contributed by atoms with Gasteiger partial charge < -0.3 is 9.84 Å². The summed E-state index contributed by atoms with van der Waals surface area (Å²) in [7, 11) is 2.96. The first-order valence-electron chi connectivity index (χ1n) is 5.34. The van der Waals surface area contributed by atoms with Crippen molar-refractivity contribution in [2.75, 3.05) is 7.11 Å². The normalized spacial score (nSPS) is 12.5. The lowest BCUT2D eigenvalue weighted by Crippen LogP contribution is -2.10. The van der Waals surface area contributed by atoms with E-state index >= 15 is 0 Å². The van der Waals surface area contributed by atoms with Gasteiger partial charge >= 0.3 is 0 Å². The summed E-state index contributed by atoms with van der Waals surface area (Å²) in [5, 5.41) is 13.7. The van der Waals surface area contributed by atoms with Gasteiger partial charge in [-0.25, -0.2) is 8.78 Å². The standard InChI is InChI=1S/C12H11ClF2N2O2/c1-17-11(10(19-2)5-16-17)12(18)6-3-9(15)7(13)4-8(6)14/h3-5,12,18H,1-2H3. The molecular formula is C12H11ClF2N2O2. The molecule has 1 aromatic heterocycles. The third-order valence-corrected chi connectivity index (χ3v) is 3.05. The number of aromatic nitrogens is 2. The van der Waals surface area contributed by atoms with Gasteiger partial charge in [-0.1, -0.05) is 11.6 Å². The fourth-order valence-corrected chi connectivity index (χ4v) is 1.94. The first-order chi connectivity index (χ1) is 8.95. The highest BCUT2D eigenvalue weighted by molar-refractivity contribution is 6.30. The molecule has 0 fully saturated rings. The van der Waals surface area contributed by atoms with Crippen LogP contribution < -0.4 is 4.74 Å². The number of hydrogen-bond acceptors (Lipinski definition) is 3. The predicted molar refractivity (Wildman–Crippen MR) is 65.2 cm³/mol. The molecule has 0 aliphatic heterocycles. The lowest BCUT2D eigenvalue weighted by Gasteiger charge is -2.14. The van der Waals surface area contributed by atoms with Crippen molar-refractivity contribution < 1.29 is 18.6 Å². The van der Waals surface area contributed by atoms with Crippen molar-refractivity contribution in [3.63, 3.8) is 0 Å². The van der Waals surface area contributed by atoms with Crippen LogP contribution in [0.4, 0.5) is 8.78 Å². The summed E-state index contributed by atoms with van der Waals surface area (Å²) in [5.41, 5.74) is -0.00748. The number of methoxy groups -OCH3 is 1. The molecule has 1 unspecified atom stereocenters. The summed E-state index contributed by atoms with van der Waals surface area (Å²) < 4.78 is 33.5. The average molecular weight is 289 g/mol. The third-order valence-electron chi connectivity index (χ3n) is 2.76. The quantitative estimate of drug-likeness (QED) is 0.883. The maximum absolute atomic E-state index is 13.8. The highest BCUT2D eigenvalue weighted by Gasteiger charge is 2.24. The van der Waals surface area contributed by atoms with Crippen LogP contribution in [-0.4, -0.2) is 22.0 Å². The van der Waals surface area contributed by atoms with E-state index in [9.17, 15) is 13.9 Å². The van der Waals surface area contributed by atoms with E-state index < -0.39 is 17.7 Å².